The van der Waals surface area contributed by atoms with Gasteiger partial charge in [0.05, 0.1) is 0 Å². The summed E-state index contributed by atoms with van der Waals surface area (Å²) in [5, 5.41) is 0. The Balaban J connectivity index is 1.89. The van der Waals surface area contributed by atoms with Gasteiger partial charge in [-0.15, -0.1) is 0 Å². The Morgan fingerprint density at radius 1 is 1.24 bits per heavy atom. The molecule has 0 N–H and O–H groups in total. The van der Waals surface area contributed by atoms with Gasteiger partial charge in [0.25, 0.3) is 0 Å². The zero-order chi connectivity index (χ0) is 12.3. The van der Waals surface area contributed by atoms with Gasteiger partial charge in [-0.25, -0.2) is 0 Å². The van der Waals surface area contributed by atoms with Crippen molar-refractivity contribution in [2.45, 2.75) is 52.4 Å². The van der Waals surface area contributed by atoms with Gasteiger partial charge in [-0.2, -0.15) is 0 Å². The minimum Gasteiger partial charge on any atom is -0.303 e. The van der Waals surface area contributed by atoms with E-state index < -0.39 is 0 Å². The molecule has 2 heteroatoms. The van der Waals surface area contributed by atoms with Gasteiger partial charge in [0.1, 0.15) is 6.29 Å². The lowest BCUT2D eigenvalue weighted by atomic mass is 9.71. The molecule has 0 unspecified atom stereocenters. The molecule has 0 aromatic carbocycles. The van der Waals surface area contributed by atoms with Crippen LogP contribution in [0.4, 0.5) is 0 Å². The Morgan fingerprint density at radius 2 is 1.88 bits per heavy atom. The van der Waals surface area contributed by atoms with Crippen LogP contribution in [0.5, 0.6) is 0 Å². The zero-order valence-electron chi connectivity index (χ0n) is 11.5. The van der Waals surface area contributed by atoms with Gasteiger partial charge in [-0.3, -0.25) is 0 Å². The first-order valence-corrected chi connectivity index (χ1v) is 7.36. The van der Waals surface area contributed by atoms with Crippen LogP contribution in [0.2, 0.25) is 0 Å². The van der Waals surface area contributed by atoms with Crippen LogP contribution in [0, 0.1) is 17.3 Å². The zero-order valence-corrected chi connectivity index (χ0v) is 11.5. The number of hydrogen-bond acceptors (Lipinski definition) is 2. The molecule has 0 aromatic heterocycles. The van der Waals surface area contributed by atoms with Crippen LogP contribution in [0.1, 0.15) is 52.4 Å². The molecular formula is C15H27NO. The van der Waals surface area contributed by atoms with Crippen LogP contribution in [-0.4, -0.2) is 30.8 Å². The fraction of sp³-hybridized carbons (Fsp3) is 0.933. The van der Waals surface area contributed by atoms with Gasteiger partial charge in [0.15, 0.2) is 0 Å². The second-order valence-electron chi connectivity index (χ2n) is 6.43. The lowest BCUT2D eigenvalue weighted by Crippen LogP contribution is -2.42. The van der Waals surface area contributed by atoms with Crippen molar-refractivity contribution in [2.75, 3.05) is 19.6 Å². The molecule has 0 aromatic rings. The molecule has 0 radical (unpaired) electrons. The Hall–Kier alpha value is -0.370. The summed E-state index contributed by atoms with van der Waals surface area (Å²) in [6.07, 6.45) is 8.77. The fourth-order valence-corrected chi connectivity index (χ4v) is 3.07. The van der Waals surface area contributed by atoms with E-state index in [0.29, 0.717) is 0 Å². The summed E-state index contributed by atoms with van der Waals surface area (Å²) in [4.78, 5) is 14.0. The molecule has 0 atom stereocenters. The van der Waals surface area contributed by atoms with E-state index in [9.17, 15) is 4.79 Å². The second-order valence-corrected chi connectivity index (χ2v) is 6.43. The van der Waals surface area contributed by atoms with Crippen LogP contribution >= 0.6 is 0 Å². The van der Waals surface area contributed by atoms with Gasteiger partial charge in [-0.1, -0.05) is 13.8 Å². The maximum atomic E-state index is 11.5. The number of nitrogens with zero attached hydrogens (tertiary/aromatic N) is 1. The minimum absolute atomic E-state index is 0.0165. The quantitative estimate of drug-likeness (QED) is 0.662. The molecule has 2 aliphatic rings. The third-order valence-corrected chi connectivity index (χ3v) is 4.72. The molecule has 2 fully saturated rings. The molecule has 0 spiro atoms. The number of aldehydes is 1. The maximum Gasteiger partial charge on any atom is 0.127 e. The molecule has 0 heterocycles. The van der Waals surface area contributed by atoms with Crippen molar-refractivity contribution >= 4 is 6.29 Å². The molecule has 2 aliphatic carbocycles. The standard InChI is InChI=1S/C15H27NO/c1-3-16(10-14-4-5-14)11-15(12-17)8-6-13(2)7-9-15/h12-14H,3-11H2,1-2H3. The van der Waals surface area contributed by atoms with Crippen molar-refractivity contribution in [1.29, 1.82) is 0 Å². The van der Waals surface area contributed by atoms with Gasteiger partial charge < -0.3 is 9.69 Å². The maximum absolute atomic E-state index is 11.5. The fourth-order valence-electron chi connectivity index (χ4n) is 3.07. The van der Waals surface area contributed by atoms with Crippen LogP contribution < -0.4 is 0 Å². The topological polar surface area (TPSA) is 20.3 Å². The van der Waals surface area contributed by atoms with Crippen molar-refractivity contribution in [3.05, 3.63) is 0 Å². The summed E-state index contributed by atoms with van der Waals surface area (Å²) < 4.78 is 0. The van der Waals surface area contributed by atoms with E-state index in [0.717, 1.165) is 37.8 Å². The lowest BCUT2D eigenvalue weighted by molar-refractivity contribution is -0.119. The first-order chi connectivity index (χ1) is 8.17. The Morgan fingerprint density at radius 3 is 2.35 bits per heavy atom. The number of carbonyl (C=O) groups is 1. The third-order valence-electron chi connectivity index (χ3n) is 4.72. The predicted octanol–water partition coefficient (Wildman–Crippen LogP) is 3.11. The lowest BCUT2D eigenvalue weighted by Gasteiger charge is -2.38. The monoisotopic (exact) mass is 237 g/mol. The van der Waals surface area contributed by atoms with E-state index in [1.807, 2.05) is 0 Å². The Bertz CT molecular complexity index is 252. The predicted molar refractivity (Wildman–Crippen MR) is 71.0 cm³/mol. The summed E-state index contributed by atoms with van der Waals surface area (Å²) in [6.45, 7) is 7.88. The molecule has 98 valence electrons. The van der Waals surface area contributed by atoms with Crippen LogP contribution in [0.3, 0.4) is 0 Å². The summed E-state index contributed by atoms with van der Waals surface area (Å²) in [5.74, 6) is 1.75. The van der Waals surface area contributed by atoms with E-state index in [1.54, 1.807) is 0 Å². The highest BCUT2D eigenvalue weighted by Crippen LogP contribution is 2.39. The van der Waals surface area contributed by atoms with Crippen molar-refractivity contribution in [1.82, 2.24) is 4.90 Å². The van der Waals surface area contributed by atoms with Gasteiger partial charge in [0, 0.05) is 18.5 Å². The SMILES string of the molecule is CCN(CC1CC1)CC1(C=O)CCC(C)CC1. The molecule has 0 amide bonds. The van der Waals surface area contributed by atoms with E-state index >= 15 is 0 Å². The molecule has 0 aliphatic heterocycles. The summed E-state index contributed by atoms with van der Waals surface area (Å²) in [6, 6.07) is 0. The number of hydrogen-bond donors (Lipinski definition) is 0. The summed E-state index contributed by atoms with van der Waals surface area (Å²) >= 11 is 0. The van der Waals surface area contributed by atoms with E-state index in [-0.39, 0.29) is 5.41 Å². The highest BCUT2D eigenvalue weighted by molar-refractivity contribution is 5.60. The molecule has 0 bridgehead atoms. The molecule has 17 heavy (non-hydrogen) atoms. The van der Waals surface area contributed by atoms with E-state index in [4.69, 9.17) is 0 Å². The molecule has 0 saturated heterocycles. The molecular weight excluding hydrogens is 210 g/mol. The highest BCUT2D eigenvalue weighted by atomic mass is 16.1. The van der Waals surface area contributed by atoms with Gasteiger partial charge in [-0.05, 0) is 56.9 Å². The third kappa shape index (κ3) is 3.54. The Labute approximate surface area is 106 Å². The van der Waals surface area contributed by atoms with Crippen molar-refractivity contribution in [2.24, 2.45) is 17.3 Å². The van der Waals surface area contributed by atoms with Gasteiger partial charge in [0.2, 0.25) is 0 Å². The van der Waals surface area contributed by atoms with Crippen LogP contribution in [-0.2, 0) is 4.79 Å². The van der Waals surface area contributed by atoms with Crippen LogP contribution in [0.15, 0.2) is 0 Å². The average molecular weight is 237 g/mol. The molecule has 2 nitrogen and oxygen atoms in total. The highest BCUT2D eigenvalue weighted by Gasteiger charge is 2.36. The molecule has 2 rings (SSSR count). The number of rotatable bonds is 6. The minimum atomic E-state index is -0.0165. The van der Waals surface area contributed by atoms with Gasteiger partial charge >= 0.3 is 0 Å². The smallest absolute Gasteiger partial charge is 0.127 e. The normalized spacial score (nSPS) is 33.9. The first-order valence-electron chi connectivity index (χ1n) is 7.36. The van der Waals surface area contributed by atoms with E-state index in [2.05, 4.69) is 18.7 Å². The van der Waals surface area contributed by atoms with Crippen molar-refractivity contribution in [3.63, 3.8) is 0 Å². The average Bonchev–Trinajstić information content (AvgIpc) is 3.15. The van der Waals surface area contributed by atoms with Crippen molar-refractivity contribution < 1.29 is 4.79 Å². The Kier molecular flexibility index (Phi) is 4.24. The first kappa shape index (κ1) is 13.1. The number of carbonyl (C=O) groups excluding carboxylic acids is 1. The van der Waals surface area contributed by atoms with E-state index in [1.165, 1.54) is 38.5 Å². The second kappa shape index (κ2) is 5.51. The molecule has 2 saturated carbocycles. The van der Waals surface area contributed by atoms with Crippen LogP contribution in [0.25, 0.3) is 0 Å². The largest absolute Gasteiger partial charge is 0.303 e. The summed E-state index contributed by atoms with van der Waals surface area (Å²) in [7, 11) is 0. The van der Waals surface area contributed by atoms with Crippen molar-refractivity contribution in [3.8, 4) is 0 Å². The summed E-state index contributed by atoms with van der Waals surface area (Å²) in [5.41, 5.74) is -0.0165.